The van der Waals surface area contributed by atoms with Crippen LogP contribution in [0.4, 0.5) is 0 Å². The fraction of sp³-hybridized carbons (Fsp3) is 0.483. The molecule has 4 aromatic rings. The van der Waals surface area contributed by atoms with Crippen molar-refractivity contribution in [3.8, 4) is 11.3 Å². The molecular weight excluding hydrogens is 514 g/mol. The predicted molar refractivity (Wildman–Crippen MR) is 151 cm³/mol. The molecule has 1 aromatic carbocycles. The zero-order chi connectivity index (χ0) is 28.2. The van der Waals surface area contributed by atoms with Crippen LogP contribution >= 0.6 is 0 Å². The van der Waals surface area contributed by atoms with Crippen molar-refractivity contribution in [3.05, 3.63) is 65.2 Å². The quantitative estimate of drug-likeness (QED) is 0.358. The molecule has 208 valence electrons. The molecule has 2 unspecified atom stereocenters. The highest BCUT2D eigenvalue weighted by atomic mass is 32.2. The molecule has 1 aliphatic carbocycles. The SMILES string of the molecule is Cn1c(=O)n(CC(C)(C)C)c2ccc(C3CCC(C)(C)C(NS(=O)(=O)c4ccc(-c5cnco5)cc4)C3)nc21. The van der Waals surface area contributed by atoms with Crippen molar-refractivity contribution >= 4 is 21.2 Å². The molecule has 1 saturated carbocycles. The standard InChI is InChI=1S/C29H37N5O4S/c1-28(2,3)17-34-23-12-11-22(31-26(23)33(6)27(34)35)20-13-14-29(4,5)25(15-20)32-39(36,37)21-9-7-19(8-10-21)24-16-30-18-38-24/h7-12,16,18,20,25,32H,13-15,17H2,1-6H3. The van der Waals surface area contributed by atoms with Crippen molar-refractivity contribution < 1.29 is 12.8 Å². The zero-order valence-corrected chi connectivity index (χ0v) is 24.2. The van der Waals surface area contributed by atoms with E-state index in [4.69, 9.17) is 9.40 Å². The number of rotatable bonds is 6. The van der Waals surface area contributed by atoms with E-state index in [1.54, 1.807) is 46.6 Å². The van der Waals surface area contributed by atoms with Gasteiger partial charge in [-0.3, -0.25) is 9.13 Å². The van der Waals surface area contributed by atoms with Gasteiger partial charge in [0.2, 0.25) is 10.0 Å². The largest absolute Gasteiger partial charge is 0.444 e. The molecule has 5 rings (SSSR count). The van der Waals surface area contributed by atoms with E-state index in [1.807, 2.05) is 12.1 Å². The van der Waals surface area contributed by atoms with E-state index in [0.717, 1.165) is 29.6 Å². The number of pyridine rings is 1. The second-order valence-corrected chi connectivity index (χ2v) is 14.3. The van der Waals surface area contributed by atoms with Crippen molar-refractivity contribution in [2.24, 2.45) is 17.9 Å². The molecular formula is C29H37N5O4S. The Bertz CT molecular complexity index is 1640. The third kappa shape index (κ3) is 5.45. The van der Waals surface area contributed by atoms with Crippen LogP contribution in [0.3, 0.4) is 0 Å². The van der Waals surface area contributed by atoms with Crippen LogP contribution in [-0.2, 0) is 23.6 Å². The highest BCUT2D eigenvalue weighted by Gasteiger charge is 2.40. The number of hydrogen-bond donors (Lipinski definition) is 1. The first-order valence-corrected chi connectivity index (χ1v) is 14.8. The summed E-state index contributed by atoms with van der Waals surface area (Å²) in [6, 6.07) is 10.3. The van der Waals surface area contributed by atoms with E-state index < -0.39 is 10.0 Å². The molecule has 39 heavy (non-hydrogen) atoms. The van der Waals surface area contributed by atoms with Gasteiger partial charge in [0.1, 0.15) is 0 Å². The number of imidazole rings is 1. The molecule has 9 nitrogen and oxygen atoms in total. The third-order valence-corrected chi connectivity index (χ3v) is 9.32. The molecule has 0 amide bonds. The first-order chi connectivity index (χ1) is 18.2. The van der Waals surface area contributed by atoms with Gasteiger partial charge in [0.05, 0.1) is 16.6 Å². The second kappa shape index (κ2) is 9.75. The van der Waals surface area contributed by atoms with Gasteiger partial charge in [-0.25, -0.2) is 27.9 Å². The van der Waals surface area contributed by atoms with Crippen LogP contribution in [0, 0.1) is 10.8 Å². The summed E-state index contributed by atoms with van der Waals surface area (Å²) in [5.41, 5.74) is 2.79. The lowest BCUT2D eigenvalue weighted by Crippen LogP contribution is -2.48. The molecule has 1 fully saturated rings. The topological polar surface area (TPSA) is 112 Å². The van der Waals surface area contributed by atoms with Gasteiger partial charge >= 0.3 is 5.69 Å². The van der Waals surface area contributed by atoms with E-state index >= 15 is 0 Å². The fourth-order valence-electron chi connectivity index (χ4n) is 5.47. The summed E-state index contributed by atoms with van der Waals surface area (Å²) in [5.74, 6) is 0.656. The molecule has 3 aromatic heterocycles. The Hall–Kier alpha value is -3.24. The van der Waals surface area contributed by atoms with Gasteiger partial charge in [-0.1, -0.05) is 34.6 Å². The lowest BCUT2D eigenvalue weighted by atomic mass is 9.69. The van der Waals surface area contributed by atoms with Gasteiger partial charge < -0.3 is 4.42 Å². The van der Waals surface area contributed by atoms with Crippen molar-refractivity contribution in [3.63, 3.8) is 0 Å². The minimum absolute atomic E-state index is 0.0492. The highest BCUT2D eigenvalue weighted by molar-refractivity contribution is 7.89. The van der Waals surface area contributed by atoms with Gasteiger partial charge in [-0.05, 0) is 66.5 Å². The van der Waals surface area contributed by atoms with E-state index in [2.05, 4.69) is 44.3 Å². The molecule has 10 heteroatoms. The number of sulfonamides is 1. The predicted octanol–water partition coefficient (Wildman–Crippen LogP) is 5.08. The minimum Gasteiger partial charge on any atom is -0.444 e. The van der Waals surface area contributed by atoms with Crippen LogP contribution in [0.25, 0.3) is 22.5 Å². The van der Waals surface area contributed by atoms with E-state index in [1.165, 1.54) is 6.39 Å². The summed E-state index contributed by atoms with van der Waals surface area (Å²) >= 11 is 0. The maximum atomic E-state index is 13.4. The highest BCUT2D eigenvalue weighted by Crippen LogP contribution is 2.43. The van der Waals surface area contributed by atoms with Crippen LogP contribution < -0.4 is 10.4 Å². The van der Waals surface area contributed by atoms with Crippen LogP contribution in [0.5, 0.6) is 0 Å². The molecule has 0 radical (unpaired) electrons. The van der Waals surface area contributed by atoms with E-state index in [9.17, 15) is 13.2 Å². The Labute approximate surface area is 229 Å². The van der Waals surface area contributed by atoms with Gasteiger partial charge in [0.15, 0.2) is 17.8 Å². The number of benzene rings is 1. The summed E-state index contributed by atoms with van der Waals surface area (Å²) in [7, 11) is -1.99. The van der Waals surface area contributed by atoms with E-state index in [0.29, 0.717) is 24.4 Å². The molecule has 0 spiro atoms. The van der Waals surface area contributed by atoms with Gasteiger partial charge in [0, 0.05) is 36.8 Å². The Morgan fingerprint density at radius 3 is 2.49 bits per heavy atom. The number of nitrogens with zero attached hydrogens (tertiary/aromatic N) is 4. The van der Waals surface area contributed by atoms with Gasteiger partial charge in [0.25, 0.3) is 0 Å². The molecule has 0 bridgehead atoms. The molecule has 0 aliphatic heterocycles. The van der Waals surface area contributed by atoms with Crippen LogP contribution in [-0.4, -0.2) is 33.6 Å². The van der Waals surface area contributed by atoms with Crippen LogP contribution in [0.1, 0.15) is 65.5 Å². The van der Waals surface area contributed by atoms with Crippen LogP contribution in [0.2, 0.25) is 0 Å². The summed E-state index contributed by atoms with van der Waals surface area (Å²) in [4.78, 5) is 22.0. The van der Waals surface area contributed by atoms with Gasteiger partial charge in [-0.15, -0.1) is 0 Å². The van der Waals surface area contributed by atoms with Gasteiger partial charge in [-0.2, -0.15) is 0 Å². The molecule has 3 heterocycles. The molecule has 2 atom stereocenters. The summed E-state index contributed by atoms with van der Waals surface area (Å²) in [5, 5.41) is 0. The number of aromatic nitrogens is 4. The number of nitrogens with one attached hydrogen (secondary N) is 1. The fourth-order valence-corrected chi connectivity index (χ4v) is 6.89. The third-order valence-electron chi connectivity index (χ3n) is 7.83. The summed E-state index contributed by atoms with van der Waals surface area (Å²) < 4.78 is 38.5. The lowest BCUT2D eigenvalue weighted by molar-refractivity contribution is 0.170. The Morgan fingerprint density at radius 1 is 1.13 bits per heavy atom. The first-order valence-electron chi connectivity index (χ1n) is 13.3. The number of oxazole rings is 1. The molecule has 1 aliphatic rings. The number of fused-ring (bicyclic) bond motifs is 1. The summed E-state index contributed by atoms with van der Waals surface area (Å²) in [6.45, 7) is 11.1. The van der Waals surface area contributed by atoms with Crippen molar-refractivity contribution in [1.82, 2.24) is 23.8 Å². The maximum Gasteiger partial charge on any atom is 0.330 e. The normalized spacial score (nSPS) is 19.9. The monoisotopic (exact) mass is 551 g/mol. The van der Waals surface area contributed by atoms with Crippen LogP contribution in [0.15, 0.2) is 63.1 Å². The molecule has 1 N–H and O–H groups in total. The van der Waals surface area contributed by atoms with E-state index in [-0.39, 0.29) is 33.4 Å². The summed E-state index contributed by atoms with van der Waals surface area (Å²) in [6.07, 6.45) is 5.30. The Kier molecular flexibility index (Phi) is 6.83. The average Bonchev–Trinajstić information content (AvgIpc) is 3.48. The number of hydrogen-bond acceptors (Lipinski definition) is 6. The Morgan fingerprint density at radius 2 is 1.85 bits per heavy atom. The number of aryl methyl sites for hydroxylation is 1. The maximum absolute atomic E-state index is 13.4. The first kappa shape index (κ1) is 27.3. The molecule has 0 saturated heterocycles. The second-order valence-electron chi connectivity index (χ2n) is 12.6. The van der Waals surface area contributed by atoms with Crippen molar-refractivity contribution in [2.45, 2.75) is 77.3 Å². The van der Waals surface area contributed by atoms with Crippen molar-refractivity contribution in [1.29, 1.82) is 0 Å². The smallest absolute Gasteiger partial charge is 0.330 e. The zero-order valence-electron chi connectivity index (χ0n) is 23.4. The average molecular weight is 552 g/mol. The van der Waals surface area contributed by atoms with Crippen molar-refractivity contribution in [2.75, 3.05) is 0 Å². The minimum atomic E-state index is -3.75. The Balaban J connectivity index is 1.39. The lowest BCUT2D eigenvalue weighted by Gasteiger charge is -2.42.